The molecule has 1 aliphatic carbocycles. The fourth-order valence-corrected chi connectivity index (χ4v) is 3.38. The second-order valence-corrected chi connectivity index (χ2v) is 5.51. The lowest BCUT2D eigenvalue weighted by atomic mass is 9.97. The van der Waals surface area contributed by atoms with Crippen molar-refractivity contribution in [2.75, 3.05) is 13.7 Å². The predicted octanol–water partition coefficient (Wildman–Crippen LogP) is 3.22. The van der Waals surface area contributed by atoms with Crippen molar-refractivity contribution in [1.82, 2.24) is 4.90 Å². The molecule has 1 atom stereocenters. The summed E-state index contributed by atoms with van der Waals surface area (Å²) in [6, 6.07) is 10.5. The van der Waals surface area contributed by atoms with E-state index < -0.39 is 0 Å². The molecule has 1 aliphatic heterocycles. The third kappa shape index (κ3) is 2.33. The van der Waals surface area contributed by atoms with Crippen LogP contribution >= 0.6 is 0 Å². The Morgan fingerprint density at radius 1 is 1.15 bits per heavy atom. The van der Waals surface area contributed by atoms with Crippen LogP contribution in [-0.4, -0.2) is 30.5 Å². The molecule has 1 aromatic rings. The van der Waals surface area contributed by atoms with Crippen LogP contribution in [0.2, 0.25) is 0 Å². The molecule has 0 bridgehead atoms. The molecule has 1 fully saturated rings. The largest absolute Gasteiger partial charge is 0.501 e. The van der Waals surface area contributed by atoms with Gasteiger partial charge in [-0.05, 0) is 24.8 Å². The molecule has 3 heteroatoms. The number of allylic oxidation sites excluding steroid dienone is 1. The highest BCUT2D eigenvalue weighted by Gasteiger charge is 2.35. The lowest BCUT2D eigenvalue weighted by molar-refractivity contribution is -0.134. The Balaban J connectivity index is 1.95. The summed E-state index contributed by atoms with van der Waals surface area (Å²) in [6.07, 6.45) is 4.76. The van der Waals surface area contributed by atoms with Crippen LogP contribution in [-0.2, 0) is 9.53 Å². The second kappa shape index (κ2) is 5.70. The Kier molecular flexibility index (Phi) is 3.77. The van der Waals surface area contributed by atoms with Crippen molar-refractivity contribution in [2.24, 2.45) is 0 Å². The molecule has 1 amide bonds. The summed E-state index contributed by atoms with van der Waals surface area (Å²) in [4.78, 5) is 14.3. The van der Waals surface area contributed by atoms with Gasteiger partial charge in [-0.3, -0.25) is 4.79 Å². The summed E-state index contributed by atoms with van der Waals surface area (Å²) < 4.78 is 5.58. The van der Waals surface area contributed by atoms with Crippen molar-refractivity contribution in [2.45, 2.75) is 38.1 Å². The standard InChI is InChI=1S/C17H21NO2/c1-20-15-11-10-14(18-12-6-5-9-16(18)19)17(15)13-7-3-2-4-8-13/h2-4,7-8,14H,5-6,9-12H2,1H3. The number of methoxy groups -OCH3 is 1. The molecule has 3 nitrogen and oxygen atoms in total. The van der Waals surface area contributed by atoms with Crippen molar-refractivity contribution in [1.29, 1.82) is 0 Å². The SMILES string of the molecule is COC1=C(c2ccccc2)C(N2CCCCC2=O)CC1. The van der Waals surface area contributed by atoms with E-state index in [0.29, 0.717) is 12.3 Å². The summed E-state index contributed by atoms with van der Waals surface area (Å²) in [5.74, 6) is 1.34. The molecule has 3 rings (SSSR count). The maximum absolute atomic E-state index is 12.2. The van der Waals surface area contributed by atoms with E-state index in [0.717, 1.165) is 38.0 Å². The zero-order chi connectivity index (χ0) is 13.9. The van der Waals surface area contributed by atoms with E-state index in [9.17, 15) is 4.79 Å². The summed E-state index contributed by atoms with van der Waals surface area (Å²) in [5, 5.41) is 0. The van der Waals surface area contributed by atoms with E-state index in [1.54, 1.807) is 7.11 Å². The summed E-state index contributed by atoms with van der Waals surface area (Å²) in [7, 11) is 1.73. The number of carbonyl (C=O) groups is 1. The minimum absolute atomic E-state index is 0.195. The van der Waals surface area contributed by atoms with Crippen LogP contribution in [0.5, 0.6) is 0 Å². The first-order chi connectivity index (χ1) is 9.81. The quantitative estimate of drug-likeness (QED) is 0.844. The molecule has 1 heterocycles. The molecule has 20 heavy (non-hydrogen) atoms. The van der Waals surface area contributed by atoms with Crippen LogP contribution in [0.1, 0.15) is 37.7 Å². The Bertz CT molecular complexity index is 521. The lowest BCUT2D eigenvalue weighted by Gasteiger charge is -2.34. The molecule has 1 saturated heterocycles. The van der Waals surface area contributed by atoms with Gasteiger partial charge in [-0.1, -0.05) is 30.3 Å². The number of piperidine rings is 1. The number of rotatable bonds is 3. The first-order valence-corrected chi connectivity index (χ1v) is 7.43. The molecule has 0 spiro atoms. The molecular formula is C17H21NO2. The highest BCUT2D eigenvalue weighted by molar-refractivity contribution is 5.82. The van der Waals surface area contributed by atoms with E-state index >= 15 is 0 Å². The Morgan fingerprint density at radius 3 is 2.65 bits per heavy atom. The molecule has 0 radical (unpaired) electrons. The van der Waals surface area contributed by atoms with Crippen LogP contribution < -0.4 is 0 Å². The van der Waals surface area contributed by atoms with Gasteiger partial charge in [0.1, 0.15) is 5.76 Å². The molecule has 1 unspecified atom stereocenters. The number of hydrogen-bond acceptors (Lipinski definition) is 2. The van der Waals surface area contributed by atoms with Crippen LogP contribution in [0.15, 0.2) is 36.1 Å². The van der Waals surface area contributed by atoms with Crippen LogP contribution in [0.25, 0.3) is 5.57 Å². The Morgan fingerprint density at radius 2 is 1.95 bits per heavy atom. The summed E-state index contributed by atoms with van der Waals surface area (Å²) >= 11 is 0. The summed E-state index contributed by atoms with van der Waals surface area (Å²) in [6.45, 7) is 0.886. The monoisotopic (exact) mass is 271 g/mol. The lowest BCUT2D eigenvalue weighted by Crippen LogP contribution is -2.42. The fraction of sp³-hybridized carbons (Fsp3) is 0.471. The van der Waals surface area contributed by atoms with Crippen LogP contribution in [0, 0.1) is 0 Å². The maximum atomic E-state index is 12.2. The number of ether oxygens (including phenoxy) is 1. The van der Waals surface area contributed by atoms with E-state index in [1.807, 2.05) is 18.2 Å². The minimum atomic E-state index is 0.195. The zero-order valence-electron chi connectivity index (χ0n) is 12.0. The average Bonchev–Trinajstić information content (AvgIpc) is 2.92. The van der Waals surface area contributed by atoms with Crippen LogP contribution in [0.3, 0.4) is 0 Å². The van der Waals surface area contributed by atoms with Crippen molar-refractivity contribution in [3.63, 3.8) is 0 Å². The number of amides is 1. The topological polar surface area (TPSA) is 29.5 Å². The van der Waals surface area contributed by atoms with Gasteiger partial charge in [0.25, 0.3) is 0 Å². The fourth-order valence-electron chi connectivity index (χ4n) is 3.38. The first-order valence-electron chi connectivity index (χ1n) is 7.43. The molecule has 1 aromatic carbocycles. The van der Waals surface area contributed by atoms with E-state index in [2.05, 4.69) is 17.0 Å². The number of carbonyl (C=O) groups excluding carboxylic acids is 1. The maximum Gasteiger partial charge on any atom is 0.223 e. The Labute approximate surface area is 120 Å². The van der Waals surface area contributed by atoms with E-state index in [1.165, 1.54) is 11.1 Å². The van der Waals surface area contributed by atoms with Crippen molar-refractivity contribution in [3.8, 4) is 0 Å². The number of benzene rings is 1. The van der Waals surface area contributed by atoms with Gasteiger partial charge in [0, 0.05) is 25.0 Å². The summed E-state index contributed by atoms with van der Waals surface area (Å²) in [5.41, 5.74) is 2.40. The van der Waals surface area contributed by atoms with Gasteiger partial charge < -0.3 is 9.64 Å². The first kappa shape index (κ1) is 13.2. The normalized spacial score (nSPS) is 23.4. The van der Waals surface area contributed by atoms with Crippen molar-refractivity contribution in [3.05, 3.63) is 41.7 Å². The van der Waals surface area contributed by atoms with Crippen molar-refractivity contribution < 1.29 is 9.53 Å². The molecule has 0 aromatic heterocycles. The number of hydrogen-bond donors (Lipinski definition) is 0. The molecular weight excluding hydrogens is 250 g/mol. The smallest absolute Gasteiger partial charge is 0.223 e. The van der Waals surface area contributed by atoms with Crippen LogP contribution in [0.4, 0.5) is 0 Å². The molecule has 106 valence electrons. The van der Waals surface area contributed by atoms with Gasteiger partial charge in [-0.2, -0.15) is 0 Å². The second-order valence-electron chi connectivity index (χ2n) is 5.51. The van der Waals surface area contributed by atoms with E-state index in [-0.39, 0.29) is 6.04 Å². The van der Waals surface area contributed by atoms with Gasteiger partial charge in [0.15, 0.2) is 0 Å². The zero-order valence-corrected chi connectivity index (χ0v) is 12.0. The minimum Gasteiger partial charge on any atom is -0.501 e. The van der Waals surface area contributed by atoms with Gasteiger partial charge in [0.05, 0.1) is 13.2 Å². The van der Waals surface area contributed by atoms with Crippen molar-refractivity contribution >= 4 is 11.5 Å². The molecule has 2 aliphatic rings. The highest BCUT2D eigenvalue weighted by Crippen LogP contribution is 2.38. The predicted molar refractivity (Wildman–Crippen MR) is 79.0 cm³/mol. The third-order valence-corrected chi connectivity index (χ3v) is 4.35. The van der Waals surface area contributed by atoms with Gasteiger partial charge in [-0.25, -0.2) is 0 Å². The molecule has 0 saturated carbocycles. The Hall–Kier alpha value is -1.77. The van der Waals surface area contributed by atoms with Gasteiger partial charge in [-0.15, -0.1) is 0 Å². The molecule has 0 N–H and O–H groups in total. The average molecular weight is 271 g/mol. The number of nitrogens with zero attached hydrogens (tertiary/aromatic N) is 1. The van der Waals surface area contributed by atoms with Gasteiger partial charge in [0.2, 0.25) is 5.91 Å². The number of likely N-dealkylation sites (tertiary alicyclic amines) is 1. The van der Waals surface area contributed by atoms with Gasteiger partial charge >= 0.3 is 0 Å². The van der Waals surface area contributed by atoms with E-state index in [4.69, 9.17) is 4.74 Å². The highest BCUT2D eigenvalue weighted by atomic mass is 16.5. The third-order valence-electron chi connectivity index (χ3n) is 4.35.